The van der Waals surface area contributed by atoms with Crippen LogP contribution in [0.25, 0.3) is 16.9 Å². The molecular weight excluding hydrogens is 390 g/mol. The van der Waals surface area contributed by atoms with E-state index in [0.29, 0.717) is 5.92 Å². The van der Waals surface area contributed by atoms with Crippen molar-refractivity contribution in [3.05, 3.63) is 63.1 Å². The Hall–Kier alpha value is -3.08. The molecule has 0 saturated carbocycles. The first kappa shape index (κ1) is 20.2. The Kier molecular flexibility index (Phi) is 5.37. The fraction of sp³-hybridized carbons (Fsp3) is 0.400. The van der Waals surface area contributed by atoms with E-state index in [1.54, 1.807) is 10.9 Å². The van der Waals surface area contributed by atoms with E-state index < -0.39 is 29.7 Å². The number of aromatic nitrogens is 5. The van der Waals surface area contributed by atoms with E-state index in [0.717, 1.165) is 5.69 Å². The van der Waals surface area contributed by atoms with Crippen LogP contribution in [0, 0.1) is 0 Å². The van der Waals surface area contributed by atoms with E-state index in [9.17, 15) is 19.8 Å². The van der Waals surface area contributed by atoms with Gasteiger partial charge in [0.15, 0.2) is 0 Å². The number of hydrogen-bond donors (Lipinski definition) is 3. The van der Waals surface area contributed by atoms with Crippen LogP contribution in [-0.2, 0) is 4.74 Å². The second-order valence-corrected chi connectivity index (χ2v) is 7.62. The zero-order valence-electron chi connectivity index (χ0n) is 16.6. The molecule has 0 amide bonds. The molecule has 1 fully saturated rings. The van der Waals surface area contributed by atoms with Gasteiger partial charge < -0.3 is 14.9 Å². The van der Waals surface area contributed by atoms with Crippen LogP contribution in [0.5, 0.6) is 0 Å². The van der Waals surface area contributed by atoms with Crippen molar-refractivity contribution in [3.63, 3.8) is 0 Å². The minimum Gasteiger partial charge on any atom is -0.394 e. The molecule has 0 aliphatic carbocycles. The number of aliphatic hydroxyl groups excluding tert-OH is 2. The maximum Gasteiger partial charge on any atom is 0.330 e. The lowest BCUT2D eigenvalue weighted by molar-refractivity contribution is -0.0458. The molecule has 1 aliphatic rings. The fourth-order valence-electron chi connectivity index (χ4n) is 3.46. The van der Waals surface area contributed by atoms with Crippen LogP contribution >= 0.6 is 0 Å². The summed E-state index contributed by atoms with van der Waals surface area (Å²) in [6, 6.07) is 7.85. The fourth-order valence-corrected chi connectivity index (χ4v) is 3.46. The second-order valence-electron chi connectivity index (χ2n) is 7.62. The van der Waals surface area contributed by atoms with Gasteiger partial charge in [-0.05, 0) is 23.6 Å². The van der Waals surface area contributed by atoms with E-state index in [1.807, 2.05) is 24.3 Å². The summed E-state index contributed by atoms with van der Waals surface area (Å²) in [7, 11) is 0. The van der Waals surface area contributed by atoms with Gasteiger partial charge in [-0.15, -0.1) is 5.10 Å². The van der Waals surface area contributed by atoms with Gasteiger partial charge in [-0.25, -0.2) is 9.48 Å². The van der Waals surface area contributed by atoms with Crippen molar-refractivity contribution < 1.29 is 14.9 Å². The van der Waals surface area contributed by atoms with Gasteiger partial charge in [-0.1, -0.05) is 31.2 Å². The lowest BCUT2D eigenvalue weighted by Gasteiger charge is -2.14. The first-order chi connectivity index (χ1) is 14.4. The quantitative estimate of drug-likeness (QED) is 0.556. The van der Waals surface area contributed by atoms with Crippen molar-refractivity contribution in [3.8, 4) is 16.9 Å². The first-order valence-corrected chi connectivity index (χ1v) is 9.70. The van der Waals surface area contributed by atoms with Gasteiger partial charge in [0.1, 0.15) is 18.0 Å². The summed E-state index contributed by atoms with van der Waals surface area (Å²) in [4.78, 5) is 26.9. The molecule has 0 radical (unpaired) electrons. The maximum atomic E-state index is 12.4. The Labute approximate surface area is 171 Å². The highest BCUT2D eigenvalue weighted by Crippen LogP contribution is 2.28. The van der Waals surface area contributed by atoms with E-state index in [-0.39, 0.29) is 24.3 Å². The van der Waals surface area contributed by atoms with Crippen LogP contribution in [0.4, 0.5) is 0 Å². The second kappa shape index (κ2) is 7.98. The molecule has 3 N–H and O–H groups in total. The van der Waals surface area contributed by atoms with Crippen LogP contribution in [0.1, 0.15) is 38.0 Å². The molecule has 1 saturated heterocycles. The van der Waals surface area contributed by atoms with E-state index in [1.165, 1.54) is 16.3 Å². The summed E-state index contributed by atoms with van der Waals surface area (Å²) < 4.78 is 8.26. The molecule has 4 rings (SSSR count). The molecule has 1 aliphatic heterocycles. The predicted octanol–water partition coefficient (Wildman–Crippen LogP) is 0.548. The molecule has 2 aromatic heterocycles. The zero-order chi connectivity index (χ0) is 21.4. The Morgan fingerprint density at radius 3 is 2.60 bits per heavy atom. The number of aliphatic hydroxyl groups is 2. The number of H-pyrrole nitrogens is 1. The highest BCUT2D eigenvalue weighted by molar-refractivity contribution is 5.55. The first-order valence-electron chi connectivity index (χ1n) is 9.70. The highest BCUT2D eigenvalue weighted by Gasteiger charge is 2.35. The average Bonchev–Trinajstić information content (AvgIpc) is 3.35. The summed E-state index contributed by atoms with van der Waals surface area (Å²) in [5.41, 5.74) is 1.14. The largest absolute Gasteiger partial charge is 0.394 e. The minimum atomic E-state index is -0.906. The van der Waals surface area contributed by atoms with Crippen molar-refractivity contribution in [2.24, 2.45) is 0 Å². The standard InChI is InChI=1S/C20H23N5O5/c1-11(2)12-3-5-13(6-4-12)25-9-15(22-23-25)14-8-24(20(29)21-19(14)28)18-7-16(27)17(10-26)30-18/h3-6,8-9,11,16-18,26-27H,7,10H2,1-2H3,(H,21,28,29)/t16-,17+,18+/m0/s1. The van der Waals surface area contributed by atoms with Gasteiger partial charge in [-0.2, -0.15) is 0 Å². The lowest BCUT2D eigenvalue weighted by Crippen LogP contribution is -2.33. The van der Waals surface area contributed by atoms with Gasteiger partial charge in [0.05, 0.1) is 30.2 Å². The smallest absolute Gasteiger partial charge is 0.330 e. The summed E-state index contributed by atoms with van der Waals surface area (Å²) in [6.45, 7) is 3.85. The normalized spacial score (nSPS) is 21.4. The molecule has 10 nitrogen and oxygen atoms in total. The van der Waals surface area contributed by atoms with Crippen molar-refractivity contribution in [1.82, 2.24) is 24.5 Å². The summed E-state index contributed by atoms with van der Waals surface area (Å²) in [5.74, 6) is 0.409. The van der Waals surface area contributed by atoms with E-state index in [2.05, 4.69) is 29.1 Å². The number of aromatic amines is 1. The monoisotopic (exact) mass is 413 g/mol. The SMILES string of the molecule is CC(C)c1ccc(-n2cc(-c3cn([C@H]4C[C@H](O)[C@@H](CO)O4)c(=O)[nH]c3=O)nn2)cc1. The summed E-state index contributed by atoms with van der Waals surface area (Å²) >= 11 is 0. The highest BCUT2D eigenvalue weighted by atomic mass is 16.5. The number of nitrogens with zero attached hydrogens (tertiary/aromatic N) is 4. The van der Waals surface area contributed by atoms with E-state index in [4.69, 9.17) is 4.74 Å². The van der Waals surface area contributed by atoms with Crippen molar-refractivity contribution in [2.45, 2.75) is 44.6 Å². The number of rotatable bonds is 5. The van der Waals surface area contributed by atoms with Crippen LogP contribution in [0.2, 0.25) is 0 Å². The molecule has 10 heteroatoms. The molecule has 0 spiro atoms. The van der Waals surface area contributed by atoms with Crippen molar-refractivity contribution >= 4 is 0 Å². The zero-order valence-corrected chi connectivity index (χ0v) is 16.6. The van der Waals surface area contributed by atoms with Gasteiger partial charge in [-0.3, -0.25) is 14.3 Å². The third-order valence-corrected chi connectivity index (χ3v) is 5.26. The van der Waals surface area contributed by atoms with E-state index >= 15 is 0 Å². The molecule has 3 heterocycles. The molecule has 158 valence electrons. The molecule has 1 aromatic carbocycles. The van der Waals surface area contributed by atoms with Crippen molar-refractivity contribution in [2.75, 3.05) is 6.61 Å². The van der Waals surface area contributed by atoms with Gasteiger partial charge >= 0.3 is 5.69 Å². The van der Waals surface area contributed by atoms with Gasteiger partial charge in [0.25, 0.3) is 5.56 Å². The lowest BCUT2D eigenvalue weighted by atomic mass is 10.0. The molecule has 30 heavy (non-hydrogen) atoms. The van der Waals surface area contributed by atoms with Gasteiger partial charge in [0, 0.05) is 12.6 Å². The average molecular weight is 413 g/mol. The predicted molar refractivity (Wildman–Crippen MR) is 107 cm³/mol. The third kappa shape index (κ3) is 3.72. The third-order valence-electron chi connectivity index (χ3n) is 5.26. The molecule has 3 atom stereocenters. The van der Waals surface area contributed by atoms with Gasteiger partial charge in [0.2, 0.25) is 0 Å². The number of ether oxygens (including phenoxy) is 1. The Morgan fingerprint density at radius 2 is 1.97 bits per heavy atom. The minimum absolute atomic E-state index is 0.117. The molecule has 0 unspecified atom stereocenters. The molecule has 0 bridgehead atoms. The maximum absolute atomic E-state index is 12.4. The molecular formula is C20H23N5O5. The van der Waals surface area contributed by atoms with Crippen LogP contribution < -0.4 is 11.2 Å². The number of benzene rings is 1. The topological polar surface area (TPSA) is 135 Å². The van der Waals surface area contributed by atoms with Crippen LogP contribution in [0.3, 0.4) is 0 Å². The van der Waals surface area contributed by atoms with Crippen molar-refractivity contribution in [1.29, 1.82) is 0 Å². The molecule has 3 aromatic rings. The Morgan fingerprint density at radius 1 is 1.23 bits per heavy atom. The number of hydrogen-bond acceptors (Lipinski definition) is 7. The Balaban J connectivity index is 1.67. The summed E-state index contributed by atoms with van der Waals surface area (Å²) in [5, 5.41) is 27.4. The summed E-state index contributed by atoms with van der Waals surface area (Å²) in [6.07, 6.45) is 0.563. The van der Waals surface area contributed by atoms with Crippen LogP contribution in [0.15, 0.2) is 46.2 Å². The number of nitrogens with one attached hydrogen (secondary N) is 1. The Bertz CT molecular complexity index is 1150. The van der Waals surface area contributed by atoms with Crippen LogP contribution in [-0.4, -0.2) is 53.6 Å².